The Hall–Kier alpha value is -1.26. The molecule has 0 amide bonds. The Morgan fingerprint density at radius 2 is 1.86 bits per heavy atom. The van der Waals surface area contributed by atoms with Gasteiger partial charge in [0.1, 0.15) is 6.61 Å². The number of halogens is 4. The molecule has 21 heavy (non-hydrogen) atoms. The van der Waals surface area contributed by atoms with Crippen LogP contribution in [0.4, 0.5) is 13.2 Å². The van der Waals surface area contributed by atoms with E-state index in [9.17, 15) is 13.2 Å². The number of alkyl halides is 4. The van der Waals surface area contributed by atoms with Crippen molar-refractivity contribution >= 4 is 22.4 Å². The molecule has 0 spiro atoms. The molecular weight excluding hydrogens is 301 g/mol. The van der Waals surface area contributed by atoms with Gasteiger partial charge in [-0.2, -0.15) is 13.2 Å². The third-order valence-electron chi connectivity index (χ3n) is 3.28. The summed E-state index contributed by atoms with van der Waals surface area (Å²) in [5.74, 6) is 0. The van der Waals surface area contributed by atoms with Gasteiger partial charge in [0.05, 0.1) is 5.38 Å². The lowest BCUT2D eigenvalue weighted by Crippen LogP contribution is -2.17. The second kappa shape index (κ2) is 6.67. The Morgan fingerprint density at radius 3 is 2.57 bits per heavy atom. The van der Waals surface area contributed by atoms with Gasteiger partial charge >= 0.3 is 6.18 Å². The largest absolute Gasteiger partial charge is 0.411 e. The summed E-state index contributed by atoms with van der Waals surface area (Å²) in [6.45, 7) is 0.704. The van der Waals surface area contributed by atoms with Gasteiger partial charge < -0.3 is 4.74 Å². The van der Waals surface area contributed by atoms with Crippen LogP contribution in [0.15, 0.2) is 36.4 Å². The molecule has 1 unspecified atom stereocenters. The van der Waals surface area contributed by atoms with E-state index in [0.29, 0.717) is 6.42 Å². The summed E-state index contributed by atoms with van der Waals surface area (Å²) in [6.07, 6.45) is -3.95. The summed E-state index contributed by atoms with van der Waals surface area (Å²) in [7, 11) is 0. The van der Waals surface area contributed by atoms with Crippen molar-refractivity contribution in [2.45, 2.75) is 24.9 Å². The van der Waals surface area contributed by atoms with Gasteiger partial charge in [0.15, 0.2) is 0 Å². The molecule has 0 aromatic heterocycles. The molecule has 5 heteroatoms. The smallest absolute Gasteiger partial charge is 0.372 e. The summed E-state index contributed by atoms with van der Waals surface area (Å²) < 4.78 is 40.7. The molecule has 0 bridgehead atoms. The molecule has 114 valence electrons. The van der Waals surface area contributed by atoms with Gasteiger partial charge in [-0.25, -0.2) is 0 Å². The molecule has 0 aliphatic rings. The molecule has 1 atom stereocenters. The predicted molar refractivity (Wildman–Crippen MR) is 78.8 cm³/mol. The van der Waals surface area contributed by atoms with Crippen LogP contribution in [0.2, 0.25) is 0 Å². The molecule has 2 rings (SSSR count). The Labute approximate surface area is 126 Å². The van der Waals surface area contributed by atoms with E-state index in [1.165, 1.54) is 0 Å². The fourth-order valence-electron chi connectivity index (χ4n) is 2.34. The normalized spacial score (nSPS) is 13.6. The second-order valence-electron chi connectivity index (χ2n) is 4.94. The first-order valence-electron chi connectivity index (χ1n) is 6.65. The number of benzene rings is 2. The summed E-state index contributed by atoms with van der Waals surface area (Å²) in [4.78, 5) is 0. The van der Waals surface area contributed by atoms with Crippen LogP contribution in [0.25, 0.3) is 10.8 Å². The monoisotopic (exact) mass is 316 g/mol. The van der Waals surface area contributed by atoms with E-state index in [1.807, 2.05) is 43.3 Å². The Morgan fingerprint density at radius 1 is 1.14 bits per heavy atom. The highest BCUT2D eigenvalue weighted by atomic mass is 35.5. The van der Waals surface area contributed by atoms with E-state index in [4.69, 9.17) is 11.6 Å². The molecule has 2 aromatic rings. The van der Waals surface area contributed by atoms with Crippen LogP contribution in [0.1, 0.15) is 22.9 Å². The first-order chi connectivity index (χ1) is 9.88. The maximum atomic E-state index is 12.0. The highest BCUT2D eigenvalue weighted by molar-refractivity contribution is 6.22. The average Bonchev–Trinajstić information content (AvgIpc) is 2.42. The van der Waals surface area contributed by atoms with E-state index < -0.39 is 12.8 Å². The lowest BCUT2D eigenvalue weighted by atomic mass is 9.96. The first kappa shape index (κ1) is 16.1. The molecule has 0 saturated heterocycles. The van der Waals surface area contributed by atoms with E-state index >= 15 is 0 Å². The first-order valence-corrected chi connectivity index (χ1v) is 7.09. The van der Waals surface area contributed by atoms with Crippen LogP contribution in [-0.4, -0.2) is 19.4 Å². The molecule has 2 aromatic carbocycles. The quantitative estimate of drug-likeness (QED) is 0.530. The van der Waals surface area contributed by atoms with Crippen molar-refractivity contribution in [2.24, 2.45) is 0 Å². The number of rotatable bonds is 5. The molecule has 1 nitrogen and oxygen atoms in total. The van der Waals surface area contributed by atoms with Gasteiger partial charge in [0.25, 0.3) is 0 Å². The number of ether oxygens (including phenoxy) is 1. The lowest BCUT2D eigenvalue weighted by Gasteiger charge is -2.16. The predicted octanol–water partition coefficient (Wildman–Crippen LogP) is 5.40. The van der Waals surface area contributed by atoms with Crippen molar-refractivity contribution in [1.82, 2.24) is 0 Å². The molecule has 0 fully saturated rings. The summed E-state index contributed by atoms with van der Waals surface area (Å²) in [5, 5.41) is 1.73. The lowest BCUT2D eigenvalue weighted by molar-refractivity contribution is -0.174. The van der Waals surface area contributed by atoms with Crippen molar-refractivity contribution in [1.29, 1.82) is 0 Å². The average molecular weight is 317 g/mol. The minimum Gasteiger partial charge on any atom is -0.372 e. The van der Waals surface area contributed by atoms with Gasteiger partial charge in [0.2, 0.25) is 0 Å². The van der Waals surface area contributed by atoms with E-state index in [0.717, 1.165) is 21.9 Å². The minimum absolute atomic E-state index is 0.0175. The minimum atomic E-state index is -4.29. The number of hydrogen-bond donors (Lipinski definition) is 0. The Kier molecular flexibility index (Phi) is 5.12. The van der Waals surface area contributed by atoms with Crippen LogP contribution in [0.3, 0.4) is 0 Å². The fraction of sp³-hybridized carbons (Fsp3) is 0.375. The summed E-state index contributed by atoms with van der Waals surface area (Å²) in [5.41, 5.74) is 2.00. The van der Waals surface area contributed by atoms with E-state index in [-0.39, 0.29) is 12.0 Å². The van der Waals surface area contributed by atoms with Crippen LogP contribution in [0.5, 0.6) is 0 Å². The molecule has 0 aliphatic heterocycles. The number of fused-ring (bicyclic) bond motifs is 1. The molecule has 0 heterocycles. The molecular formula is C16H16ClF3O. The van der Waals surface area contributed by atoms with Crippen LogP contribution >= 0.6 is 11.6 Å². The highest BCUT2D eigenvalue weighted by Gasteiger charge is 2.27. The zero-order chi connectivity index (χ0) is 15.5. The standard InChI is InChI=1S/C16H16ClF3O/c1-11-6-7-12-4-2-3-5-13(12)15(11)14(17)8-9-21-10-16(18,19)20/h2-7,14H,8-10H2,1H3. The van der Waals surface area contributed by atoms with E-state index in [2.05, 4.69) is 4.74 Å². The highest BCUT2D eigenvalue weighted by Crippen LogP contribution is 2.33. The third-order valence-corrected chi connectivity index (χ3v) is 3.72. The number of aryl methyl sites for hydroxylation is 1. The van der Waals surface area contributed by atoms with Gasteiger partial charge in [-0.15, -0.1) is 11.6 Å². The summed E-state index contributed by atoms with van der Waals surface area (Å²) >= 11 is 6.38. The zero-order valence-corrected chi connectivity index (χ0v) is 12.3. The van der Waals surface area contributed by atoms with E-state index in [1.54, 1.807) is 0 Å². The van der Waals surface area contributed by atoms with Crippen LogP contribution in [-0.2, 0) is 4.74 Å². The van der Waals surface area contributed by atoms with Crippen molar-refractivity contribution in [3.8, 4) is 0 Å². The van der Waals surface area contributed by atoms with Crippen molar-refractivity contribution in [3.63, 3.8) is 0 Å². The molecule has 0 radical (unpaired) electrons. The maximum absolute atomic E-state index is 12.0. The Balaban J connectivity index is 2.09. The Bertz CT molecular complexity index is 610. The van der Waals surface area contributed by atoms with Crippen molar-refractivity contribution < 1.29 is 17.9 Å². The van der Waals surface area contributed by atoms with Crippen LogP contribution < -0.4 is 0 Å². The van der Waals surface area contributed by atoms with Gasteiger partial charge in [-0.1, -0.05) is 36.4 Å². The van der Waals surface area contributed by atoms with Crippen LogP contribution in [0, 0.1) is 6.92 Å². The van der Waals surface area contributed by atoms with Gasteiger partial charge in [-0.3, -0.25) is 0 Å². The van der Waals surface area contributed by atoms with Gasteiger partial charge in [-0.05, 0) is 35.2 Å². The van der Waals surface area contributed by atoms with Crippen molar-refractivity contribution in [3.05, 3.63) is 47.5 Å². The topological polar surface area (TPSA) is 9.23 Å². The SMILES string of the molecule is Cc1ccc2ccccc2c1C(Cl)CCOCC(F)(F)F. The molecule has 0 saturated carbocycles. The van der Waals surface area contributed by atoms with Gasteiger partial charge in [0, 0.05) is 6.61 Å². The van der Waals surface area contributed by atoms with Crippen molar-refractivity contribution in [2.75, 3.05) is 13.2 Å². The molecule has 0 N–H and O–H groups in total. The number of hydrogen-bond acceptors (Lipinski definition) is 1. The fourth-order valence-corrected chi connectivity index (χ4v) is 2.72. The third kappa shape index (κ3) is 4.35. The molecule has 0 aliphatic carbocycles. The zero-order valence-electron chi connectivity index (χ0n) is 11.6. The maximum Gasteiger partial charge on any atom is 0.411 e. The second-order valence-corrected chi connectivity index (χ2v) is 5.47. The summed E-state index contributed by atoms with van der Waals surface area (Å²) in [6, 6.07) is 11.8.